The van der Waals surface area contributed by atoms with Crippen LogP contribution in [0.25, 0.3) is 0 Å². The highest BCUT2D eigenvalue weighted by molar-refractivity contribution is 7.92. The molecule has 2 rings (SSSR count). The molecular formula is C17H18N2O5S. The molecule has 0 bridgehead atoms. The molecule has 0 unspecified atom stereocenters. The van der Waals surface area contributed by atoms with Gasteiger partial charge in [-0.25, -0.2) is 13.2 Å². The number of esters is 1. The fourth-order valence-electron chi connectivity index (χ4n) is 2.14. The molecule has 8 heteroatoms. The first-order valence-corrected chi connectivity index (χ1v) is 8.80. The third kappa shape index (κ3) is 4.57. The number of anilines is 2. The number of amides is 1. The third-order valence-corrected chi connectivity index (χ3v) is 4.76. The molecule has 1 amide bonds. The Hall–Kier alpha value is -2.87. The molecule has 2 aromatic carbocycles. The maximum absolute atomic E-state index is 12.5. The zero-order chi connectivity index (χ0) is 18.6. The lowest BCUT2D eigenvalue weighted by atomic mass is 10.2. The summed E-state index contributed by atoms with van der Waals surface area (Å²) in [6, 6.07) is 10.3. The molecule has 0 saturated heterocycles. The Morgan fingerprint density at radius 2 is 1.68 bits per heavy atom. The van der Waals surface area contributed by atoms with E-state index in [1.165, 1.54) is 56.5 Å². The van der Waals surface area contributed by atoms with Crippen molar-refractivity contribution in [3.05, 3.63) is 53.6 Å². The summed E-state index contributed by atoms with van der Waals surface area (Å²) in [6.45, 7) is 3.08. The van der Waals surface area contributed by atoms with Crippen molar-refractivity contribution in [3.63, 3.8) is 0 Å². The van der Waals surface area contributed by atoms with Crippen LogP contribution in [0, 0.1) is 6.92 Å². The van der Waals surface area contributed by atoms with Crippen LogP contribution < -0.4 is 10.0 Å². The Bertz CT molecular complexity index is 905. The summed E-state index contributed by atoms with van der Waals surface area (Å²) in [7, 11) is -2.53. The van der Waals surface area contributed by atoms with Gasteiger partial charge in [0.15, 0.2) is 0 Å². The van der Waals surface area contributed by atoms with E-state index in [-0.39, 0.29) is 10.8 Å². The van der Waals surface area contributed by atoms with Gasteiger partial charge in [0.1, 0.15) is 0 Å². The molecule has 0 spiro atoms. The number of rotatable bonds is 5. The molecule has 132 valence electrons. The number of nitrogens with one attached hydrogen (secondary N) is 2. The highest BCUT2D eigenvalue weighted by atomic mass is 32.2. The number of ether oxygens (including phenoxy) is 1. The summed E-state index contributed by atoms with van der Waals surface area (Å²) >= 11 is 0. The van der Waals surface area contributed by atoms with Gasteiger partial charge in [-0.15, -0.1) is 0 Å². The lowest BCUT2D eigenvalue weighted by molar-refractivity contribution is -0.114. The maximum atomic E-state index is 12.5. The molecule has 7 nitrogen and oxygen atoms in total. The number of carbonyl (C=O) groups excluding carboxylic acids is 2. The van der Waals surface area contributed by atoms with E-state index in [0.29, 0.717) is 22.5 Å². The second-order valence-corrected chi connectivity index (χ2v) is 7.01. The van der Waals surface area contributed by atoms with Crippen LogP contribution in [0.3, 0.4) is 0 Å². The topological polar surface area (TPSA) is 102 Å². The van der Waals surface area contributed by atoms with Crippen molar-refractivity contribution in [2.75, 3.05) is 17.1 Å². The number of benzene rings is 2. The average molecular weight is 362 g/mol. The summed E-state index contributed by atoms with van der Waals surface area (Å²) in [4.78, 5) is 22.6. The van der Waals surface area contributed by atoms with Crippen molar-refractivity contribution in [3.8, 4) is 0 Å². The molecule has 0 aliphatic carbocycles. The van der Waals surface area contributed by atoms with Crippen LogP contribution in [0.2, 0.25) is 0 Å². The monoisotopic (exact) mass is 362 g/mol. The van der Waals surface area contributed by atoms with Crippen LogP contribution >= 0.6 is 0 Å². The average Bonchev–Trinajstić information content (AvgIpc) is 2.56. The largest absolute Gasteiger partial charge is 0.465 e. The van der Waals surface area contributed by atoms with Crippen LogP contribution in [-0.2, 0) is 19.6 Å². The molecule has 0 atom stereocenters. The summed E-state index contributed by atoms with van der Waals surface area (Å²) < 4.78 is 32.0. The van der Waals surface area contributed by atoms with Crippen LogP contribution in [-0.4, -0.2) is 27.4 Å². The SMILES string of the molecule is COC(=O)c1ccc(NS(=O)(=O)c2ccc(NC(C)=O)c(C)c2)cc1. The van der Waals surface area contributed by atoms with Gasteiger partial charge in [-0.05, 0) is 55.0 Å². The molecule has 0 heterocycles. The Morgan fingerprint density at radius 3 is 2.20 bits per heavy atom. The van der Waals surface area contributed by atoms with E-state index in [2.05, 4.69) is 14.8 Å². The van der Waals surface area contributed by atoms with E-state index < -0.39 is 16.0 Å². The number of hydrogen-bond acceptors (Lipinski definition) is 5. The molecule has 2 N–H and O–H groups in total. The Morgan fingerprint density at radius 1 is 1.04 bits per heavy atom. The molecule has 0 aliphatic rings. The van der Waals surface area contributed by atoms with Crippen molar-refractivity contribution in [2.24, 2.45) is 0 Å². The standard InChI is InChI=1S/C17H18N2O5S/c1-11-10-15(8-9-16(11)18-12(2)20)25(22,23)19-14-6-4-13(5-7-14)17(21)24-3/h4-10,19H,1-3H3,(H,18,20). The summed E-state index contributed by atoms with van der Waals surface area (Å²) in [5, 5.41) is 2.63. The van der Waals surface area contributed by atoms with Gasteiger partial charge in [-0.1, -0.05) is 0 Å². The molecule has 0 aromatic heterocycles. The quantitative estimate of drug-likeness (QED) is 0.796. The fourth-order valence-corrected chi connectivity index (χ4v) is 3.28. The lowest BCUT2D eigenvalue weighted by Gasteiger charge is -2.11. The smallest absolute Gasteiger partial charge is 0.337 e. The number of carbonyl (C=O) groups is 2. The first-order chi connectivity index (χ1) is 11.7. The zero-order valence-corrected chi connectivity index (χ0v) is 14.8. The summed E-state index contributed by atoms with van der Waals surface area (Å²) in [5.74, 6) is -0.735. The molecule has 0 saturated carbocycles. The maximum Gasteiger partial charge on any atom is 0.337 e. The summed E-state index contributed by atoms with van der Waals surface area (Å²) in [6.07, 6.45) is 0. The Kier molecular flexibility index (Phi) is 5.43. The van der Waals surface area contributed by atoms with E-state index in [4.69, 9.17) is 0 Å². The van der Waals surface area contributed by atoms with Crippen molar-refractivity contribution < 1.29 is 22.7 Å². The van der Waals surface area contributed by atoms with Crippen molar-refractivity contribution in [1.82, 2.24) is 0 Å². The number of aryl methyl sites for hydroxylation is 1. The first-order valence-electron chi connectivity index (χ1n) is 7.32. The molecule has 0 radical (unpaired) electrons. The number of methoxy groups -OCH3 is 1. The Balaban J connectivity index is 2.22. The zero-order valence-electron chi connectivity index (χ0n) is 14.0. The van der Waals surface area contributed by atoms with Gasteiger partial charge in [-0.3, -0.25) is 9.52 Å². The predicted octanol–water partition coefficient (Wildman–Crippen LogP) is 2.54. The number of sulfonamides is 1. The normalized spacial score (nSPS) is 10.8. The van der Waals surface area contributed by atoms with Gasteiger partial charge in [0.25, 0.3) is 10.0 Å². The van der Waals surface area contributed by atoms with Crippen LogP contribution in [0.5, 0.6) is 0 Å². The van der Waals surface area contributed by atoms with E-state index in [9.17, 15) is 18.0 Å². The van der Waals surface area contributed by atoms with Crippen LogP contribution in [0.4, 0.5) is 11.4 Å². The predicted molar refractivity (Wildman–Crippen MR) is 94.1 cm³/mol. The summed E-state index contributed by atoms with van der Waals surface area (Å²) in [5.41, 5.74) is 1.81. The molecular weight excluding hydrogens is 344 g/mol. The highest BCUT2D eigenvalue weighted by Crippen LogP contribution is 2.22. The van der Waals surface area contributed by atoms with Gasteiger partial charge >= 0.3 is 5.97 Å². The van der Waals surface area contributed by atoms with Crippen molar-refractivity contribution in [1.29, 1.82) is 0 Å². The number of hydrogen-bond donors (Lipinski definition) is 2. The van der Waals surface area contributed by atoms with Crippen LogP contribution in [0.15, 0.2) is 47.4 Å². The van der Waals surface area contributed by atoms with Gasteiger partial charge in [0.2, 0.25) is 5.91 Å². The van der Waals surface area contributed by atoms with E-state index >= 15 is 0 Å². The van der Waals surface area contributed by atoms with Gasteiger partial charge < -0.3 is 10.1 Å². The van der Waals surface area contributed by atoms with E-state index in [1.807, 2.05) is 0 Å². The molecule has 25 heavy (non-hydrogen) atoms. The molecule has 0 fully saturated rings. The van der Waals surface area contributed by atoms with Crippen molar-refractivity contribution in [2.45, 2.75) is 18.7 Å². The first kappa shape index (κ1) is 18.5. The van der Waals surface area contributed by atoms with Gasteiger partial charge in [0.05, 0.1) is 17.6 Å². The molecule has 2 aromatic rings. The minimum atomic E-state index is -3.80. The van der Waals surface area contributed by atoms with Gasteiger partial charge in [0, 0.05) is 18.3 Å². The van der Waals surface area contributed by atoms with Crippen molar-refractivity contribution >= 4 is 33.3 Å². The fraction of sp³-hybridized carbons (Fsp3) is 0.176. The van der Waals surface area contributed by atoms with E-state index in [0.717, 1.165) is 0 Å². The second kappa shape index (κ2) is 7.35. The Labute approximate surface area is 146 Å². The third-order valence-electron chi connectivity index (χ3n) is 3.38. The minimum absolute atomic E-state index is 0.0659. The van der Waals surface area contributed by atoms with E-state index in [1.54, 1.807) is 6.92 Å². The van der Waals surface area contributed by atoms with Gasteiger partial charge in [-0.2, -0.15) is 0 Å². The lowest BCUT2D eigenvalue weighted by Crippen LogP contribution is -2.14. The minimum Gasteiger partial charge on any atom is -0.465 e. The highest BCUT2D eigenvalue weighted by Gasteiger charge is 2.16. The van der Waals surface area contributed by atoms with Crippen LogP contribution in [0.1, 0.15) is 22.8 Å². The molecule has 0 aliphatic heterocycles. The second-order valence-electron chi connectivity index (χ2n) is 5.33.